The topological polar surface area (TPSA) is 142 Å². The first-order valence-corrected chi connectivity index (χ1v) is 13.1. The first kappa shape index (κ1) is 27.1. The van der Waals surface area contributed by atoms with Crippen molar-refractivity contribution in [3.05, 3.63) is 77.2 Å². The number of carbonyl (C=O) groups excluding carboxylic acids is 2. The third-order valence-corrected chi connectivity index (χ3v) is 6.73. The van der Waals surface area contributed by atoms with Gasteiger partial charge in [-0.15, -0.1) is 0 Å². The van der Waals surface area contributed by atoms with Crippen LogP contribution in [0.15, 0.2) is 65.9 Å². The van der Waals surface area contributed by atoms with Crippen molar-refractivity contribution in [1.82, 2.24) is 20.2 Å². The van der Waals surface area contributed by atoms with Crippen molar-refractivity contribution < 1.29 is 19.1 Å². The average Bonchev–Trinajstić information content (AvgIpc) is 2.99. The molecule has 1 aromatic heterocycles. The molecule has 1 atom stereocenters. The Bertz CT molecular complexity index is 1420. The number of guanidine groups is 1. The molecule has 2 amide bonds. The summed E-state index contributed by atoms with van der Waals surface area (Å²) in [6.45, 7) is 1.43. The molecule has 2 N–H and O–H groups in total. The van der Waals surface area contributed by atoms with Crippen LogP contribution in [0.1, 0.15) is 24.1 Å². The van der Waals surface area contributed by atoms with Gasteiger partial charge in [-0.3, -0.25) is 14.5 Å². The van der Waals surface area contributed by atoms with Crippen LogP contribution in [0, 0.1) is 17.2 Å². The fourth-order valence-corrected chi connectivity index (χ4v) is 4.43. The van der Waals surface area contributed by atoms with E-state index in [2.05, 4.69) is 25.6 Å². The van der Waals surface area contributed by atoms with Crippen molar-refractivity contribution in [2.75, 3.05) is 25.1 Å². The van der Waals surface area contributed by atoms with Crippen LogP contribution in [-0.2, 0) is 20.9 Å². The molecule has 0 spiro atoms. The number of hydrogen-bond acceptors (Lipinski definition) is 9. The summed E-state index contributed by atoms with van der Waals surface area (Å²) >= 11 is 6.05. The van der Waals surface area contributed by atoms with Crippen LogP contribution in [-0.4, -0.2) is 58.4 Å². The predicted molar refractivity (Wildman–Crippen MR) is 147 cm³/mol. The van der Waals surface area contributed by atoms with Crippen molar-refractivity contribution in [3.63, 3.8) is 0 Å². The van der Waals surface area contributed by atoms with Gasteiger partial charge in [0.1, 0.15) is 17.9 Å². The van der Waals surface area contributed by atoms with E-state index < -0.39 is 6.04 Å². The van der Waals surface area contributed by atoms with Crippen molar-refractivity contribution in [1.29, 1.82) is 5.26 Å². The van der Waals surface area contributed by atoms with Gasteiger partial charge in [0.15, 0.2) is 5.69 Å². The van der Waals surface area contributed by atoms with Crippen LogP contribution in [0.4, 0.5) is 5.69 Å². The van der Waals surface area contributed by atoms with E-state index in [1.807, 2.05) is 18.2 Å². The molecule has 204 valence electrons. The average molecular weight is 560 g/mol. The maximum atomic E-state index is 13.6. The summed E-state index contributed by atoms with van der Waals surface area (Å²) in [4.78, 5) is 40.6. The maximum absolute atomic E-state index is 13.6. The largest absolute Gasteiger partial charge is 0.438 e. The van der Waals surface area contributed by atoms with E-state index in [1.54, 1.807) is 36.4 Å². The van der Waals surface area contributed by atoms with E-state index in [0.717, 1.165) is 5.56 Å². The fraction of sp³-hybridized carbons (Fsp3) is 0.286. The SMILES string of the molecule is N#Cc1cnc(Oc2ccc(NC3=NCC(NC(=O)C4CCOCC4)C(=O)N3Cc3ccc(Cl)cc3)cc2)cn1. The van der Waals surface area contributed by atoms with Crippen molar-refractivity contribution in [3.8, 4) is 17.7 Å². The Morgan fingerprint density at radius 3 is 2.52 bits per heavy atom. The lowest BCUT2D eigenvalue weighted by Crippen LogP contribution is -2.57. The molecule has 2 aromatic carbocycles. The van der Waals surface area contributed by atoms with Crippen LogP contribution in [0.5, 0.6) is 11.6 Å². The Balaban J connectivity index is 1.30. The molecule has 2 aliphatic rings. The number of anilines is 1. The van der Waals surface area contributed by atoms with E-state index in [9.17, 15) is 9.59 Å². The van der Waals surface area contributed by atoms with Crippen LogP contribution in [0.2, 0.25) is 5.02 Å². The van der Waals surface area contributed by atoms with Crippen LogP contribution < -0.4 is 15.4 Å². The molecule has 3 heterocycles. The molecule has 5 rings (SSSR count). The minimum Gasteiger partial charge on any atom is -0.438 e. The smallest absolute Gasteiger partial charge is 0.254 e. The Hall–Kier alpha value is -4.53. The number of nitrogens with zero attached hydrogens (tertiary/aromatic N) is 5. The lowest BCUT2D eigenvalue weighted by atomic mass is 9.99. The number of benzene rings is 2. The van der Waals surface area contributed by atoms with Gasteiger partial charge in [-0.05, 0) is 54.8 Å². The van der Waals surface area contributed by atoms with Gasteiger partial charge in [-0.2, -0.15) is 5.26 Å². The standard InChI is InChI=1S/C28H26ClN7O4/c29-20-3-1-18(2-4-20)17-36-27(38)24(35-26(37)19-9-11-39-12-10-19)15-33-28(36)34-21-5-7-23(8-6-21)40-25-16-31-22(13-30)14-32-25/h1-8,14,16,19,24H,9-12,15,17H2,(H,33,34)(H,35,37). The molecule has 0 radical (unpaired) electrons. The summed E-state index contributed by atoms with van der Waals surface area (Å²) < 4.78 is 11.0. The number of carbonyl (C=O) groups is 2. The van der Waals surface area contributed by atoms with Gasteiger partial charge in [0, 0.05) is 29.8 Å². The second-order valence-corrected chi connectivity index (χ2v) is 9.70. The maximum Gasteiger partial charge on any atom is 0.254 e. The van der Waals surface area contributed by atoms with Crippen LogP contribution in [0.3, 0.4) is 0 Å². The minimum atomic E-state index is -0.766. The Labute approximate surface area is 235 Å². The molecule has 3 aromatic rings. The Morgan fingerprint density at radius 1 is 1.10 bits per heavy atom. The van der Waals surface area contributed by atoms with Crippen molar-refractivity contribution >= 4 is 35.1 Å². The molecule has 40 heavy (non-hydrogen) atoms. The molecule has 1 saturated heterocycles. The third-order valence-electron chi connectivity index (χ3n) is 6.48. The monoisotopic (exact) mass is 559 g/mol. The van der Waals surface area contributed by atoms with E-state index in [1.165, 1.54) is 17.3 Å². The second kappa shape index (κ2) is 12.5. The predicted octanol–water partition coefficient (Wildman–Crippen LogP) is 3.52. The molecule has 2 aliphatic heterocycles. The highest BCUT2D eigenvalue weighted by Crippen LogP contribution is 2.23. The molecule has 12 heteroatoms. The van der Waals surface area contributed by atoms with Gasteiger partial charge in [0.05, 0.1) is 25.5 Å². The molecule has 0 saturated carbocycles. The third kappa shape index (κ3) is 6.72. The normalized spacial score (nSPS) is 17.5. The second-order valence-electron chi connectivity index (χ2n) is 9.27. The van der Waals surface area contributed by atoms with Gasteiger partial charge in [-0.25, -0.2) is 15.0 Å². The molecule has 1 fully saturated rings. The number of aromatic nitrogens is 2. The summed E-state index contributed by atoms with van der Waals surface area (Å²) in [7, 11) is 0. The molecule has 11 nitrogen and oxygen atoms in total. The molecule has 0 aliphatic carbocycles. The summed E-state index contributed by atoms with van der Waals surface area (Å²) in [6, 6.07) is 15.4. The number of nitrogens with one attached hydrogen (secondary N) is 2. The summed E-state index contributed by atoms with van der Waals surface area (Å²) in [6.07, 6.45) is 3.97. The van der Waals surface area contributed by atoms with E-state index in [-0.39, 0.29) is 42.4 Å². The number of amides is 2. The molecular weight excluding hydrogens is 534 g/mol. The molecule has 1 unspecified atom stereocenters. The highest BCUT2D eigenvalue weighted by atomic mass is 35.5. The van der Waals surface area contributed by atoms with Crippen LogP contribution >= 0.6 is 11.6 Å². The van der Waals surface area contributed by atoms with Crippen LogP contribution in [0.25, 0.3) is 0 Å². The number of halogens is 1. The van der Waals surface area contributed by atoms with Gasteiger partial charge < -0.3 is 20.1 Å². The highest BCUT2D eigenvalue weighted by molar-refractivity contribution is 6.30. The highest BCUT2D eigenvalue weighted by Gasteiger charge is 2.35. The Morgan fingerprint density at radius 2 is 1.85 bits per heavy atom. The zero-order valence-electron chi connectivity index (χ0n) is 21.4. The summed E-state index contributed by atoms with van der Waals surface area (Å²) in [5.41, 5.74) is 1.73. The van der Waals surface area contributed by atoms with E-state index in [0.29, 0.717) is 48.5 Å². The zero-order valence-corrected chi connectivity index (χ0v) is 22.2. The van der Waals surface area contributed by atoms with Gasteiger partial charge in [0.2, 0.25) is 17.7 Å². The number of rotatable bonds is 7. The number of aliphatic imine (C=N–C) groups is 1. The number of ether oxygens (including phenoxy) is 2. The first-order valence-electron chi connectivity index (χ1n) is 12.7. The molecular formula is C28H26ClN7O4. The van der Waals surface area contributed by atoms with E-state index in [4.69, 9.17) is 26.3 Å². The lowest BCUT2D eigenvalue weighted by Gasteiger charge is -2.33. The van der Waals surface area contributed by atoms with E-state index >= 15 is 0 Å². The number of hydrogen-bond donors (Lipinski definition) is 2. The van der Waals surface area contributed by atoms with Crippen molar-refractivity contribution in [2.45, 2.75) is 25.4 Å². The molecule has 0 bridgehead atoms. The number of nitriles is 1. The van der Waals surface area contributed by atoms with Crippen molar-refractivity contribution in [2.24, 2.45) is 10.9 Å². The zero-order chi connectivity index (χ0) is 27.9. The lowest BCUT2D eigenvalue weighted by molar-refractivity contribution is -0.136. The van der Waals surface area contributed by atoms with Gasteiger partial charge >= 0.3 is 0 Å². The first-order chi connectivity index (χ1) is 19.5. The summed E-state index contributed by atoms with van der Waals surface area (Å²) in [5, 5.41) is 15.6. The quantitative estimate of drug-likeness (QED) is 0.448. The van der Waals surface area contributed by atoms with Gasteiger partial charge in [0.25, 0.3) is 5.91 Å². The van der Waals surface area contributed by atoms with Gasteiger partial charge in [-0.1, -0.05) is 23.7 Å². The Kier molecular flexibility index (Phi) is 8.49. The summed E-state index contributed by atoms with van der Waals surface area (Å²) in [5.74, 6) is 0.549. The minimum absolute atomic E-state index is 0.117. The fourth-order valence-electron chi connectivity index (χ4n) is 4.31.